The maximum atomic E-state index is 14.1. The number of hydrogen-bond donors (Lipinski definition) is 1. The number of benzene rings is 3. The molecule has 0 spiro atoms. The fourth-order valence-corrected chi connectivity index (χ4v) is 3.13. The summed E-state index contributed by atoms with van der Waals surface area (Å²) in [5, 5.41) is 2.56. The van der Waals surface area contributed by atoms with Gasteiger partial charge in [-0.1, -0.05) is 42.5 Å². The van der Waals surface area contributed by atoms with Crippen molar-refractivity contribution in [3.8, 4) is 5.75 Å². The number of carbonyl (C=O) groups is 1. The molecule has 3 aromatic rings. The van der Waals surface area contributed by atoms with E-state index < -0.39 is 17.7 Å². The van der Waals surface area contributed by atoms with Gasteiger partial charge in [-0.25, -0.2) is 13.6 Å². The Morgan fingerprint density at radius 3 is 2.37 bits per heavy atom. The quantitative estimate of drug-likeness (QED) is 0.507. The molecule has 2 amide bonds. The van der Waals surface area contributed by atoms with Crippen molar-refractivity contribution in [2.75, 3.05) is 11.9 Å². The average molecular weight is 410 g/mol. The third-order valence-electron chi connectivity index (χ3n) is 4.77. The van der Waals surface area contributed by atoms with Crippen molar-refractivity contribution in [2.24, 2.45) is 0 Å². The third kappa shape index (κ3) is 5.35. The van der Waals surface area contributed by atoms with Crippen molar-refractivity contribution in [1.82, 2.24) is 4.90 Å². The number of halogens is 2. The van der Waals surface area contributed by atoms with E-state index in [2.05, 4.69) is 5.32 Å². The van der Waals surface area contributed by atoms with E-state index >= 15 is 0 Å². The van der Waals surface area contributed by atoms with Gasteiger partial charge in [-0.15, -0.1) is 0 Å². The highest BCUT2D eigenvalue weighted by molar-refractivity contribution is 5.89. The largest absolute Gasteiger partial charge is 0.494 e. The minimum Gasteiger partial charge on any atom is -0.494 e. The Bertz CT molecular complexity index is 978. The average Bonchev–Trinajstić information content (AvgIpc) is 2.75. The van der Waals surface area contributed by atoms with Gasteiger partial charge in [-0.2, -0.15) is 0 Å². The SMILES string of the molecule is CCOc1ccc(CN(C(=O)Nc2ccc(F)cc2F)C(C)c2ccccc2)cc1. The first-order chi connectivity index (χ1) is 14.5. The van der Waals surface area contributed by atoms with Crippen molar-refractivity contribution >= 4 is 11.7 Å². The van der Waals surface area contributed by atoms with Crippen LogP contribution in [0, 0.1) is 11.6 Å². The molecule has 0 heterocycles. The zero-order valence-electron chi connectivity index (χ0n) is 16.9. The van der Waals surface area contributed by atoms with Crippen molar-refractivity contribution in [2.45, 2.75) is 26.4 Å². The smallest absolute Gasteiger partial charge is 0.322 e. The molecule has 156 valence electrons. The predicted octanol–water partition coefficient (Wildman–Crippen LogP) is 6.16. The van der Waals surface area contributed by atoms with Crippen LogP contribution in [0.1, 0.15) is 31.0 Å². The lowest BCUT2D eigenvalue weighted by Gasteiger charge is -2.30. The summed E-state index contributed by atoms with van der Waals surface area (Å²) in [4.78, 5) is 14.7. The molecule has 3 rings (SSSR count). The maximum absolute atomic E-state index is 14.1. The van der Waals surface area contributed by atoms with Crippen molar-refractivity contribution in [1.29, 1.82) is 0 Å². The van der Waals surface area contributed by atoms with Gasteiger partial charge >= 0.3 is 6.03 Å². The summed E-state index contributed by atoms with van der Waals surface area (Å²) in [6.07, 6.45) is 0. The number of nitrogens with zero attached hydrogens (tertiary/aromatic N) is 1. The summed E-state index contributed by atoms with van der Waals surface area (Å²) in [6.45, 7) is 4.69. The molecule has 0 bridgehead atoms. The fraction of sp³-hybridized carbons (Fsp3) is 0.208. The second-order valence-electron chi connectivity index (χ2n) is 6.85. The van der Waals surface area contributed by atoms with Gasteiger partial charge in [-0.3, -0.25) is 0 Å². The van der Waals surface area contributed by atoms with Crippen LogP contribution < -0.4 is 10.1 Å². The number of carbonyl (C=O) groups excluding carboxylic acids is 1. The van der Waals surface area contributed by atoms with E-state index in [-0.39, 0.29) is 11.7 Å². The van der Waals surface area contributed by atoms with Crippen LogP contribution in [0.15, 0.2) is 72.8 Å². The van der Waals surface area contributed by atoms with E-state index in [1.54, 1.807) is 4.90 Å². The highest BCUT2D eigenvalue weighted by Crippen LogP contribution is 2.25. The third-order valence-corrected chi connectivity index (χ3v) is 4.77. The summed E-state index contributed by atoms with van der Waals surface area (Å²) in [7, 11) is 0. The monoisotopic (exact) mass is 410 g/mol. The number of ether oxygens (including phenoxy) is 1. The van der Waals surface area contributed by atoms with Crippen molar-refractivity contribution < 1.29 is 18.3 Å². The van der Waals surface area contributed by atoms with E-state index in [1.165, 1.54) is 6.07 Å². The molecule has 4 nitrogen and oxygen atoms in total. The molecule has 1 atom stereocenters. The predicted molar refractivity (Wildman–Crippen MR) is 113 cm³/mol. The Balaban J connectivity index is 1.85. The molecular weight excluding hydrogens is 386 g/mol. The van der Waals surface area contributed by atoms with Crippen molar-refractivity contribution in [3.05, 3.63) is 95.6 Å². The number of amides is 2. The van der Waals surface area contributed by atoms with Crippen LogP contribution >= 0.6 is 0 Å². The molecule has 0 aliphatic heterocycles. The Morgan fingerprint density at radius 2 is 1.73 bits per heavy atom. The van der Waals surface area contributed by atoms with E-state index in [9.17, 15) is 13.6 Å². The van der Waals surface area contributed by atoms with Gasteiger partial charge in [-0.05, 0) is 49.2 Å². The molecule has 1 unspecified atom stereocenters. The zero-order valence-corrected chi connectivity index (χ0v) is 16.9. The summed E-state index contributed by atoms with van der Waals surface area (Å²) in [5.41, 5.74) is 1.77. The van der Waals surface area contributed by atoms with Gasteiger partial charge in [0.2, 0.25) is 0 Å². The van der Waals surface area contributed by atoms with E-state index in [1.807, 2.05) is 68.4 Å². The molecular formula is C24H24F2N2O2. The van der Waals surface area contributed by atoms with Crippen LogP contribution in [-0.2, 0) is 6.54 Å². The van der Waals surface area contributed by atoms with Gasteiger partial charge in [0, 0.05) is 12.6 Å². The topological polar surface area (TPSA) is 41.6 Å². The lowest BCUT2D eigenvalue weighted by Crippen LogP contribution is -2.36. The minimum atomic E-state index is -0.822. The van der Waals surface area contributed by atoms with Crippen molar-refractivity contribution in [3.63, 3.8) is 0 Å². The van der Waals surface area contributed by atoms with Crippen LogP contribution in [0.4, 0.5) is 19.3 Å². The molecule has 0 fully saturated rings. The highest BCUT2D eigenvalue weighted by Gasteiger charge is 2.23. The molecule has 0 aliphatic rings. The van der Waals surface area contributed by atoms with E-state index in [0.29, 0.717) is 13.2 Å². The molecule has 0 radical (unpaired) electrons. The zero-order chi connectivity index (χ0) is 21.5. The van der Waals surface area contributed by atoms with Gasteiger partial charge < -0.3 is 15.0 Å². The second-order valence-corrected chi connectivity index (χ2v) is 6.85. The highest BCUT2D eigenvalue weighted by atomic mass is 19.1. The lowest BCUT2D eigenvalue weighted by molar-refractivity contribution is 0.189. The maximum Gasteiger partial charge on any atom is 0.322 e. The standard InChI is InChI=1S/C24H24F2N2O2/c1-3-30-21-12-9-18(10-13-21)16-28(17(2)19-7-5-4-6-8-19)24(29)27-23-14-11-20(25)15-22(23)26/h4-15,17H,3,16H2,1-2H3,(H,27,29). The Morgan fingerprint density at radius 1 is 1.03 bits per heavy atom. The van der Waals surface area contributed by atoms with E-state index in [0.717, 1.165) is 29.0 Å². The summed E-state index contributed by atoms with van der Waals surface area (Å²) in [6, 6.07) is 19.4. The minimum absolute atomic E-state index is 0.0710. The van der Waals surface area contributed by atoms with Crippen LogP contribution in [0.2, 0.25) is 0 Å². The van der Waals surface area contributed by atoms with Gasteiger partial charge in [0.25, 0.3) is 0 Å². The summed E-state index contributed by atoms with van der Waals surface area (Å²) >= 11 is 0. The lowest BCUT2D eigenvalue weighted by atomic mass is 10.1. The molecule has 0 saturated carbocycles. The number of anilines is 1. The first-order valence-electron chi connectivity index (χ1n) is 9.77. The Hall–Kier alpha value is -3.41. The number of rotatable bonds is 7. The summed E-state index contributed by atoms with van der Waals surface area (Å²) < 4.78 is 32.7. The first-order valence-corrected chi connectivity index (χ1v) is 9.77. The molecule has 6 heteroatoms. The van der Waals surface area contributed by atoms with Gasteiger partial charge in [0.05, 0.1) is 18.3 Å². The van der Waals surface area contributed by atoms with Crippen LogP contribution in [0.5, 0.6) is 5.75 Å². The van der Waals surface area contributed by atoms with Crippen LogP contribution in [0.3, 0.4) is 0 Å². The summed E-state index contributed by atoms with van der Waals surface area (Å²) in [5.74, 6) is -0.770. The van der Waals surface area contributed by atoms with Gasteiger partial charge in [0.1, 0.15) is 17.4 Å². The Labute approximate surface area is 175 Å². The number of nitrogens with one attached hydrogen (secondary N) is 1. The molecule has 0 aromatic heterocycles. The fourth-order valence-electron chi connectivity index (χ4n) is 3.13. The molecule has 1 N–H and O–H groups in total. The second kappa shape index (κ2) is 9.87. The number of hydrogen-bond acceptors (Lipinski definition) is 2. The molecule has 0 saturated heterocycles. The van der Waals surface area contributed by atoms with Crippen LogP contribution in [-0.4, -0.2) is 17.5 Å². The van der Waals surface area contributed by atoms with Crippen LogP contribution in [0.25, 0.3) is 0 Å². The van der Waals surface area contributed by atoms with Gasteiger partial charge in [0.15, 0.2) is 0 Å². The molecule has 0 aliphatic carbocycles. The molecule has 30 heavy (non-hydrogen) atoms. The first kappa shape index (κ1) is 21.3. The normalized spacial score (nSPS) is 11.6. The van der Waals surface area contributed by atoms with E-state index in [4.69, 9.17) is 4.74 Å². The Kier molecular flexibility index (Phi) is 7.01. The molecule has 3 aromatic carbocycles. The number of urea groups is 1.